The highest BCUT2D eigenvalue weighted by molar-refractivity contribution is 6.05. The van der Waals surface area contributed by atoms with E-state index in [9.17, 15) is 4.79 Å². The lowest BCUT2D eigenvalue weighted by molar-refractivity contribution is 0.647. The molecule has 0 atom stereocenters. The van der Waals surface area contributed by atoms with Crippen molar-refractivity contribution in [2.24, 2.45) is 0 Å². The summed E-state index contributed by atoms with van der Waals surface area (Å²) in [6, 6.07) is 13.9. The van der Waals surface area contributed by atoms with Crippen molar-refractivity contribution >= 4 is 33.2 Å². The molecule has 0 fully saturated rings. The Morgan fingerprint density at radius 3 is 2.41 bits per heavy atom. The van der Waals surface area contributed by atoms with Crippen LogP contribution in [0, 0.1) is 13.8 Å². The molecule has 6 nitrogen and oxygen atoms in total. The van der Waals surface area contributed by atoms with Crippen molar-refractivity contribution in [3.8, 4) is 5.69 Å². The highest BCUT2D eigenvalue weighted by Gasteiger charge is 2.20. The molecule has 6 heteroatoms. The lowest BCUT2D eigenvalue weighted by atomic mass is 10.1. The van der Waals surface area contributed by atoms with Crippen LogP contribution in [0.3, 0.4) is 0 Å². The van der Waals surface area contributed by atoms with E-state index in [1.54, 1.807) is 10.9 Å². The topological polar surface area (TPSA) is 65.6 Å². The largest absolute Gasteiger partial charge is 0.299 e. The first-order valence-electron chi connectivity index (χ1n) is 9.82. The Kier molecular flexibility index (Phi) is 3.94. The number of rotatable bonds is 3. The minimum absolute atomic E-state index is 0.0750. The predicted molar refractivity (Wildman–Crippen MR) is 116 cm³/mol. The van der Waals surface area contributed by atoms with Crippen LogP contribution in [-0.2, 0) is 6.54 Å². The zero-order valence-electron chi connectivity index (χ0n) is 16.7. The molecular weight excluding hydrogens is 362 g/mol. The van der Waals surface area contributed by atoms with E-state index in [0.29, 0.717) is 28.7 Å². The lowest BCUT2D eigenvalue weighted by Crippen LogP contribution is -2.20. The first-order chi connectivity index (χ1) is 14.1. The van der Waals surface area contributed by atoms with Crippen molar-refractivity contribution in [1.29, 1.82) is 0 Å². The van der Waals surface area contributed by atoms with Gasteiger partial charge in [0, 0.05) is 12.2 Å². The summed E-state index contributed by atoms with van der Waals surface area (Å²) < 4.78 is 3.61. The number of aromatic nitrogens is 5. The second-order valence-electron chi connectivity index (χ2n) is 7.43. The first kappa shape index (κ1) is 17.6. The molecule has 0 saturated heterocycles. The molecular formula is C23H21N5O. The third-order valence-electron chi connectivity index (χ3n) is 5.44. The summed E-state index contributed by atoms with van der Waals surface area (Å²) in [5.41, 5.74) is 6.64. The third-order valence-corrected chi connectivity index (χ3v) is 5.44. The maximum absolute atomic E-state index is 13.3. The number of hydrogen-bond acceptors (Lipinski definition) is 4. The standard InChI is InChI=1S/C23H21N5O/c1-4-11-27-13-24-21-19(23(27)29)20-22(26-18-8-6-5-7-17(18)25-20)28(21)16-10-9-14(2)15(3)12-16/h5-10,12-13H,4,11H2,1-3H3. The van der Waals surface area contributed by atoms with Crippen LogP contribution in [0.2, 0.25) is 0 Å². The molecule has 144 valence electrons. The minimum Gasteiger partial charge on any atom is -0.299 e. The van der Waals surface area contributed by atoms with Crippen LogP contribution in [0.1, 0.15) is 24.5 Å². The van der Waals surface area contributed by atoms with Crippen LogP contribution in [0.25, 0.3) is 38.9 Å². The van der Waals surface area contributed by atoms with Crippen molar-refractivity contribution in [3.05, 3.63) is 70.3 Å². The molecule has 0 bridgehead atoms. The summed E-state index contributed by atoms with van der Waals surface area (Å²) >= 11 is 0. The Morgan fingerprint density at radius 2 is 1.69 bits per heavy atom. The molecule has 2 aromatic carbocycles. The maximum atomic E-state index is 13.3. The van der Waals surface area contributed by atoms with E-state index in [-0.39, 0.29) is 5.56 Å². The summed E-state index contributed by atoms with van der Waals surface area (Å²) in [4.78, 5) is 27.6. The molecule has 0 aliphatic heterocycles. The number of aryl methyl sites for hydroxylation is 3. The Labute approximate surface area is 167 Å². The van der Waals surface area contributed by atoms with Crippen molar-refractivity contribution in [2.45, 2.75) is 33.7 Å². The van der Waals surface area contributed by atoms with Gasteiger partial charge in [-0.1, -0.05) is 25.1 Å². The Balaban J connectivity index is 1.98. The van der Waals surface area contributed by atoms with Crippen molar-refractivity contribution in [2.75, 3.05) is 0 Å². The van der Waals surface area contributed by atoms with Gasteiger partial charge in [0.05, 0.1) is 17.4 Å². The van der Waals surface area contributed by atoms with Crippen LogP contribution in [0.15, 0.2) is 53.6 Å². The van der Waals surface area contributed by atoms with Crippen molar-refractivity contribution in [1.82, 2.24) is 24.1 Å². The average Bonchev–Trinajstić information content (AvgIpc) is 3.04. The van der Waals surface area contributed by atoms with Gasteiger partial charge in [-0.05, 0) is 55.7 Å². The van der Waals surface area contributed by atoms with Gasteiger partial charge in [0.15, 0.2) is 11.3 Å². The predicted octanol–water partition coefficient (Wildman–Crippen LogP) is 4.31. The molecule has 5 rings (SSSR count). The number of fused-ring (bicyclic) bond motifs is 4. The number of nitrogens with zero attached hydrogens (tertiary/aromatic N) is 5. The minimum atomic E-state index is -0.0750. The van der Waals surface area contributed by atoms with E-state index in [0.717, 1.165) is 23.1 Å². The molecule has 5 aromatic rings. The highest BCUT2D eigenvalue weighted by Crippen LogP contribution is 2.28. The molecule has 29 heavy (non-hydrogen) atoms. The summed E-state index contributed by atoms with van der Waals surface area (Å²) in [6.45, 7) is 6.83. The second kappa shape index (κ2) is 6.51. The van der Waals surface area contributed by atoms with Gasteiger partial charge in [-0.3, -0.25) is 13.9 Å². The molecule has 0 N–H and O–H groups in total. The molecule has 0 radical (unpaired) electrons. The van der Waals surface area contributed by atoms with Gasteiger partial charge in [0.2, 0.25) is 0 Å². The number of benzene rings is 2. The van der Waals surface area contributed by atoms with Crippen LogP contribution >= 0.6 is 0 Å². The van der Waals surface area contributed by atoms with Gasteiger partial charge in [-0.15, -0.1) is 0 Å². The van der Waals surface area contributed by atoms with Crippen LogP contribution in [0.5, 0.6) is 0 Å². The van der Waals surface area contributed by atoms with E-state index in [4.69, 9.17) is 9.97 Å². The Hall–Kier alpha value is -3.54. The molecule has 0 unspecified atom stereocenters. The first-order valence-corrected chi connectivity index (χ1v) is 9.82. The van der Waals surface area contributed by atoms with Gasteiger partial charge in [-0.2, -0.15) is 0 Å². The summed E-state index contributed by atoms with van der Waals surface area (Å²) in [6.07, 6.45) is 2.49. The third kappa shape index (κ3) is 2.63. The van der Waals surface area contributed by atoms with Crippen LogP contribution < -0.4 is 5.56 Å². The summed E-state index contributed by atoms with van der Waals surface area (Å²) in [5, 5.41) is 0.521. The summed E-state index contributed by atoms with van der Waals surface area (Å²) in [5.74, 6) is 0. The maximum Gasteiger partial charge on any atom is 0.265 e. The molecule has 3 aromatic heterocycles. The quantitative estimate of drug-likeness (QED) is 0.466. The van der Waals surface area contributed by atoms with E-state index < -0.39 is 0 Å². The van der Waals surface area contributed by atoms with Crippen molar-refractivity contribution in [3.63, 3.8) is 0 Å². The van der Waals surface area contributed by atoms with Crippen LogP contribution in [-0.4, -0.2) is 24.1 Å². The molecule has 0 saturated carbocycles. The van der Waals surface area contributed by atoms with Gasteiger partial charge in [0.1, 0.15) is 10.9 Å². The van der Waals surface area contributed by atoms with E-state index >= 15 is 0 Å². The van der Waals surface area contributed by atoms with Crippen LogP contribution in [0.4, 0.5) is 0 Å². The molecule has 0 amide bonds. The molecule has 0 aliphatic rings. The lowest BCUT2D eigenvalue weighted by Gasteiger charge is -2.09. The van der Waals surface area contributed by atoms with Gasteiger partial charge in [0.25, 0.3) is 5.56 Å². The Morgan fingerprint density at radius 1 is 0.931 bits per heavy atom. The fraction of sp³-hybridized carbons (Fsp3) is 0.217. The fourth-order valence-corrected chi connectivity index (χ4v) is 3.78. The van der Waals surface area contributed by atoms with E-state index in [1.807, 2.05) is 41.8 Å². The smallest absolute Gasteiger partial charge is 0.265 e. The van der Waals surface area contributed by atoms with Gasteiger partial charge >= 0.3 is 0 Å². The molecule has 0 spiro atoms. The van der Waals surface area contributed by atoms with Gasteiger partial charge in [-0.25, -0.2) is 15.0 Å². The van der Waals surface area contributed by atoms with E-state index in [2.05, 4.69) is 31.0 Å². The molecule has 3 heterocycles. The summed E-state index contributed by atoms with van der Waals surface area (Å²) in [7, 11) is 0. The zero-order valence-corrected chi connectivity index (χ0v) is 16.7. The Bertz CT molecular complexity index is 1460. The number of para-hydroxylation sites is 2. The monoisotopic (exact) mass is 383 g/mol. The highest BCUT2D eigenvalue weighted by atomic mass is 16.1. The SMILES string of the molecule is CCCn1cnc2c(c1=O)c1nc3ccccc3nc1n2-c1ccc(C)c(C)c1. The molecule has 0 aliphatic carbocycles. The van der Waals surface area contributed by atoms with Crippen molar-refractivity contribution < 1.29 is 0 Å². The number of hydrogen-bond donors (Lipinski definition) is 0. The fourth-order valence-electron chi connectivity index (χ4n) is 3.78. The normalized spacial score (nSPS) is 11.7. The van der Waals surface area contributed by atoms with Gasteiger partial charge < -0.3 is 0 Å². The van der Waals surface area contributed by atoms with E-state index in [1.165, 1.54) is 11.1 Å². The average molecular weight is 383 g/mol. The zero-order chi connectivity index (χ0) is 20.1. The second-order valence-corrected chi connectivity index (χ2v) is 7.43.